The molecule has 0 saturated carbocycles. The van der Waals surface area contributed by atoms with Gasteiger partial charge in [0.2, 0.25) is 11.6 Å². The predicted octanol–water partition coefficient (Wildman–Crippen LogP) is 8.59. The van der Waals surface area contributed by atoms with Crippen molar-refractivity contribution >= 4 is 33.4 Å². The minimum atomic E-state index is 0. The van der Waals surface area contributed by atoms with E-state index in [0.29, 0.717) is 0 Å². The zero-order valence-electron chi connectivity index (χ0n) is 25.4. The van der Waals surface area contributed by atoms with Crippen molar-refractivity contribution in [3.63, 3.8) is 0 Å². The van der Waals surface area contributed by atoms with Gasteiger partial charge in [-0.1, -0.05) is 101 Å². The Morgan fingerprint density at radius 3 is 1.69 bits per heavy atom. The number of para-hydroxylation sites is 1. The zero-order chi connectivity index (χ0) is 30.9. The second-order valence-electron chi connectivity index (χ2n) is 11.6. The molecule has 5 heterocycles. The Kier molecular flexibility index (Phi) is 6.56. The molecule has 230 valence electrons. The molecule has 10 rings (SSSR count). The standard InChI is InChI=1S/C40H25N7.Pt/c1-3-10-28(11-4-1)37-26-45(39-41-20-22-43(37)39)30-14-9-15-32(24-30)47-35-17-8-7-16-33(35)34-19-18-31(25-36(34)47)46-27-38(29-12-5-2-6-13-29)44-23-21-42-40(44)46;/h1-23,26-27H;/q-2;+2. The molecule has 5 aromatic carbocycles. The van der Waals surface area contributed by atoms with Crippen molar-refractivity contribution in [1.82, 2.24) is 32.5 Å². The first-order valence-electron chi connectivity index (χ1n) is 15.5. The average molecular weight is 799 g/mol. The second-order valence-corrected chi connectivity index (χ2v) is 11.6. The van der Waals surface area contributed by atoms with Gasteiger partial charge in [-0.3, -0.25) is 8.80 Å². The van der Waals surface area contributed by atoms with E-state index in [1.807, 2.05) is 36.9 Å². The Morgan fingerprint density at radius 1 is 0.479 bits per heavy atom. The molecule has 0 saturated heterocycles. The SMILES string of the molecule is [Pt+2].[c-]1c(-n2cc(-c3ccccc3)n3ccnc23)cccc1-n1c2[c-]c(-n3cc(-c4ccccc4)n4ccnc34)ccc2c2ccccc21. The van der Waals surface area contributed by atoms with Gasteiger partial charge in [-0.2, -0.15) is 12.1 Å². The molecule has 8 heteroatoms. The van der Waals surface area contributed by atoms with Gasteiger partial charge in [0.05, 0.1) is 11.4 Å². The van der Waals surface area contributed by atoms with E-state index in [9.17, 15) is 0 Å². The van der Waals surface area contributed by atoms with Crippen LogP contribution in [0.1, 0.15) is 0 Å². The van der Waals surface area contributed by atoms with Crippen LogP contribution in [0.5, 0.6) is 0 Å². The zero-order valence-corrected chi connectivity index (χ0v) is 27.7. The van der Waals surface area contributed by atoms with Crippen LogP contribution in [0.25, 0.3) is 72.9 Å². The van der Waals surface area contributed by atoms with E-state index in [0.717, 1.165) is 72.9 Å². The summed E-state index contributed by atoms with van der Waals surface area (Å²) in [6.45, 7) is 0. The van der Waals surface area contributed by atoms with Crippen LogP contribution in [0, 0.1) is 12.1 Å². The molecule has 0 atom stereocenters. The summed E-state index contributed by atoms with van der Waals surface area (Å²) in [5, 5.41) is 2.29. The molecule has 0 aliphatic carbocycles. The smallest absolute Gasteiger partial charge is 0.358 e. The normalized spacial score (nSPS) is 11.6. The van der Waals surface area contributed by atoms with Crippen LogP contribution in [-0.2, 0) is 21.1 Å². The van der Waals surface area contributed by atoms with Gasteiger partial charge >= 0.3 is 21.1 Å². The predicted molar refractivity (Wildman–Crippen MR) is 185 cm³/mol. The number of aromatic nitrogens is 7. The molecule has 0 aliphatic rings. The molecule has 0 amide bonds. The van der Waals surface area contributed by atoms with Gasteiger partial charge in [0.1, 0.15) is 0 Å². The topological polar surface area (TPSA) is 49.4 Å². The first kappa shape index (κ1) is 28.3. The number of benzene rings is 5. The Bertz CT molecular complexity index is 2740. The number of imidazole rings is 4. The maximum Gasteiger partial charge on any atom is 2.00 e. The summed E-state index contributed by atoms with van der Waals surface area (Å²) in [5.74, 6) is 1.67. The van der Waals surface area contributed by atoms with Crippen molar-refractivity contribution in [2.24, 2.45) is 0 Å². The number of nitrogens with zero attached hydrogens (tertiary/aromatic N) is 7. The van der Waals surface area contributed by atoms with E-state index in [1.54, 1.807) is 0 Å². The van der Waals surface area contributed by atoms with Crippen molar-refractivity contribution in [2.75, 3.05) is 0 Å². The van der Waals surface area contributed by atoms with Crippen LogP contribution in [0.4, 0.5) is 0 Å². The Morgan fingerprint density at radius 2 is 1.04 bits per heavy atom. The molecule has 0 aliphatic heterocycles. The number of rotatable bonds is 5. The first-order valence-corrected chi connectivity index (χ1v) is 15.5. The van der Waals surface area contributed by atoms with Crippen LogP contribution in [0.3, 0.4) is 0 Å². The largest absolute Gasteiger partial charge is 2.00 e. The number of hydrogen-bond donors (Lipinski definition) is 0. The van der Waals surface area contributed by atoms with E-state index in [4.69, 9.17) is 9.97 Å². The maximum atomic E-state index is 4.72. The van der Waals surface area contributed by atoms with Gasteiger partial charge in [0.15, 0.2) is 0 Å². The summed E-state index contributed by atoms with van der Waals surface area (Å²) in [7, 11) is 0. The second kappa shape index (κ2) is 11.1. The molecule has 7 nitrogen and oxygen atoms in total. The number of hydrogen-bond acceptors (Lipinski definition) is 2. The summed E-state index contributed by atoms with van der Waals surface area (Å²) >= 11 is 0. The van der Waals surface area contributed by atoms with Crippen molar-refractivity contribution in [1.29, 1.82) is 0 Å². The van der Waals surface area contributed by atoms with Gasteiger partial charge < -0.3 is 13.7 Å². The fourth-order valence-corrected chi connectivity index (χ4v) is 6.80. The fraction of sp³-hybridized carbons (Fsp3) is 0. The van der Waals surface area contributed by atoms with E-state index in [2.05, 4.69) is 150 Å². The van der Waals surface area contributed by atoms with Crippen molar-refractivity contribution in [3.05, 3.63) is 165 Å². The molecule has 5 aromatic heterocycles. The molecule has 0 bridgehead atoms. The summed E-state index contributed by atoms with van der Waals surface area (Å²) in [6.07, 6.45) is 12.0. The monoisotopic (exact) mass is 798 g/mol. The van der Waals surface area contributed by atoms with Crippen LogP contribution >= 0.6 is 0 Å². The van der Waals surface area contributed by atoms with Gasteiger partial charge in [-0.25, -0.2) is 9.97 Å². The van der Waals surface area contributed by atoms with Crippen LogP contribution in [-0.4, -0.2) is 32.5 Å². The van der Waals surface area contributed by atoms with Crippen molar-refractivity contribution in [3.8, 4) is 39.6 Å². The van der Waals surface area contributed by atoms with Crippen LogP contribution < -0.4 is 0 Å². The molecule has 10 aromatic rings. The van der Waals surface area contributed by atoms with E-state index in [-0.39, 0.29) is 21.1 Å². The summed E-state index contributed by atoms with van der Waals surface area (Å²) in [6, 6.07) is 47.4. The minimum Gasteiger partial charge on any atom is -0.358 e. The average Bonchev–Trinajstić information content (AvgIpc) is 3.95. The van der Waals surface area contributed by atoms with E-state index in [1.165, 1.54) is 0 Å². The quantitative estimate of drug-likeness (QED) is 0.164. The van der Waals surface area contributed by atoms with E-state index < -0.39 is 0 Å². The van der Waals surface area contributed by atoms with Gasteiger partial charge in [-0.05, 0) is 11.5 Å². The summed E-state index contributed by atoms with van der Waals surface area (Å²) in [4.78, 5) is 9.42. The molecule has 48 heavy (non-hydrogen) atoms. The molecule has 0 N–H and O–H groups in total. The third-order valence-corrected chi connectivity index (χ3v) is 8.93. The Balaban J connectivity index is 0.00000314. The number of fused-ring (bicyclic) bond motifs is 5. The molecule has 0 fully saturated rings. The summed E-state index contributed by atoms with van der Waals surface area (Å²) < 4.78 is 10.7. The van der Waals surface area contributed by atoms with Gasteiger partial charge in [0, 0.05) is 53.8 Å². The van der Waals surface area contributed by atoms with Crippen molar-refractivity contribution in [2.45, 2.75) is 0 Å². The molecule has 0 radical (unpaired) electrons. The van der Waals surface area contributed by atoms with E-state index >= 15 is 0 Å². The first-order chi connectivity index (χ1) is 23.3. The maximum absolute atomic E-state index is 4.72. The third kappa shape index (κ3) is 4.25. The molecule has 0 unspecified atom stereocenters. The van der Waals surface area contributed by atoms with Gasteiger partial charge in [-0.15, -0.1) is 35.7 Å². The summed E-state index contributed by atoms with van der Waals surface area (Å²) in [5.41, 5.74) is 9.19. The minimum absolute atomic E-state index is 0. The fourth-order valence-electron chi connectivity index (χ4n) is 6.80. The molecular formula is C40H25N7Pt. The Labute approximate surface area is 289 Å². The molecular weight excluding hydrogens is 774 g/mol. The third-order valence-electron chi connectivity index (χ3n) is 8.93. The van der Waals surface area contributed by atoms with Gasteiger partial charge in [0.25, 0.3) is 0 Å². The van der Waals surface area contributed by atoms with Crippen LogP contribution in [0.2, 0.25) is 0 Å². The van der Waals surface area contributed by atoms with Crippen molar-refractivity contribution < 1.29 is 21.1 Å². The van der Waals surface area contributed by atoms with Crippen LogP contribution in [0.15, 0.2) is 152 Å². The molecule has 0 spiro atoms. The Hall–Kier alpha value is -5.91.